The van der Waals surface area contributed by atoms with Crippen molar-refractivity contribution in [2.75, 3.05) is 11.9 Å². The van der Waals surface area contributed by atoms with E-state index in [1.54, 1.807) is 6.07 Å². The smallest absolute Gasteiger partial charge is 0.139 e. The highest BCUT2D eigenvalue weighted by Gasteiger charge is 2.21. The number of ether oxygens (including phenoxy) is 1. The van der Waals surface area contributed by atoms with Crippen LogP contribution in [-0.4, -0.2) is 18.8 Å². The van der Waals surface area contributed by atoms with Crippen LogP contribution in [0.2, 0.25) is 0 Å². The SMILES string of the molecule is CC1CCC(CNc2ccc(Br)c(F)c2)O1. The summed E-state index contributed by atoms with van der Waals surface area (Å²) in [6.45, 7) is 2.82. The Bertz CT molecular complexity index is 372. The molecule has 1 N–H and O–H groups in total. The van der Waals surface area contributed by atoms with Crippen LogP contribution in [0.3, 0.4) is 0 Å². The third-order valence-corrected chi connectivity index (χ3v) is 3.42. The number of halogens is 2. The van der Waals surface area contributed by atoms with Gasteiger partial charge < -0.3 is 10.1 Å². The van der Waals surface area contributed by atoms with Crippen molar-refractivity contribution in [3.05, 3.63) is 28.5 Å². The highest BCUT2D eigenvalue weighted by atomic mass is 79.9. The van der Waals surface area contributed by atoms with Crippen molar-refractivity contribution in [1.29, 1.82) is 0 Å². The van der Waals surface area contributed by atoms with Crippen LogP contribution in [-0.2, 0) is 4.74 Å². The van der Waals surface area contributed by atoms with Gasteiger partial charge in [0, 0.05) is 12.2 Å². The van der Waals surface area contributed by atoms with E-state index >= 15 is 0 Å². The molecule has 1 saturated heterocycles. The van der Waals surface area contributed by atoms with E-state index in [2.05, 4.69) is 28.2 Å². The van der Waals surface area contributed by atoms with Crippen molar-refractivity contribution in [3.8, 4) is 0 Å². The van der Waals surface area contributed by atoms with E-state index in [4.69, 9.17) is 4.74 Å². The molecule has 1 aliphatic rings. The first-order chi connectivity index (χ1) is 7.65. The van der Waals surface area contributed by atoms with Crippen molar-refractivity contribution in [3.63, 3.8) is 0 Å². The van der Waals surface area contributed by atoms with Gasteiger partial charge in [0.05, 0.1) is 16.7 Å². The van der Waals surface area contributed by atoms with E-state index in [-0.39, 0.29) is 11.9 Å². The lowest BCUT2D eigenvalue weighted by molar-refractivity contribution is 0.0637. The summed E-state index contributed by atoms with van der Waals surface area (Å²) >= 11 is 3.13. The van der Waals surface area contributed by atoms with Crippen LogP contribution >= 0.6 is 15.9 Å². The summed E-state index contributed by atoms with van der Waals surface area (Å²) in [7, 11) is 0. The van der Waals surface area contributed by atoms with Gasteiger partial charge in [0.25, 0.3) is 0 Å². The number of hydrogen-bond acceptors (Lipinski definition) is 2. The predicted molar refractivity (Wildman–Crippen MR) is 66.2 cm³/mol. The molecule has 88 valence electrons. The molecule has 0 radical (unpaired) electrons. The second-order valence-electron chi connectivity index (χ2n) is 4.16. The zero-order chi connectivity index (χ0) is 11.5. The molecule has 0 bridgehead atoms. The lowest BCUT2D eigenvalue weighted by atomic mass is 10.2. The maximum atomic E-state index is 13.2. The first-order valence-electron chi connectivity index (χ1n) is 5.49. The Morgan fingerprint density at radius 1 is 1.50 bits per heavy atom. The first kappa shape index (κ1) is 11.9. The number of hydrogen-bond donors (Lipinski definition) is 1. The van der Waals surface area contributed by atoms with Crippen molar-refractivity contribution < 1.29 is 9.13 Å². The molecular formula is C12H15BrFNO. The maximum Gasteiger partial charge on any atom is 0.139 e. The van der Waals surface area contributed by atoms with Crippen LogP contribution in [0.1, 0.15) is 19.8 Å². The molecule has 2 atom stereocenters. The van der Waals surface area contributed by atoms with Crippen LogP contribution in [0.5, 0.6) is 0 Å². The summed E-state index contributed by atoms with van der Waals surface area (Å²) in [5.74, 6) is -0.245. The molecular weight excluding hydrogens is 273 g/mol. The summed E-state index contributed by atoms with van der Waals surface area (Å²) in [5, 5.41) is 3.19. The van der Waals surface area contributed by atoms with Gasteiger partial charge in [0.1, 0.15) is 5.82 Å². The van der Waals surface area contributed by atoms with Crippen molar-refractivity contribution in [2.24, 2.45) is 0 Å². The molecule has 0 spiro atoms. The van der Waals surface area contributed by atoms with Gasteiger partial charge in [0.2, 0.25) is 0 Å². The molecule has 1 aliphatic heterocycles. The Kier molecular flexibility index (Phi) is 3.82. The zero-order valence-electron chi connectivity index (χ0n) is 9.17. The van der Waals surface area contributed by atoms with Gasteiger partial charge >= 0.3 is 0 Å². The summed E-state index contributed by atoms with van der Waals surface area (Å²) < 4.78 is 19.4. The molecule has 2 rings (SSSR count). The molecule has 2 unspecified atom stereocenters. The van der Waals surface area contributed by atoms with Gasteiger partial charge in [-0.3, -0.25) is 0 Å². The molecule has 0 saturated carbocycles. The molecule has 0 aromatic heterocycles. The van der Waals surface area contributed by atoms with Gasteiger partial charge in [-0.05, 0) is 53.9 Å². The minimum Gasteiger partial charge on any atom is -0.382 e. The highest BCUT2D eigenvalue weighted by molar-refractivity contribution is 9.10. The van der Waals surface area contributed by atoms with E-state index in [1.807, 2.05) is 6.07 Å². The minimum absolute atomic E-state index is 0.245. The fraction of sp³-hybridized carbons (Fsp3) is 0.500. The van der Waals surface area contributed by atoms with Crippen molar-refractivity contribution in [1.82, 2.24) is 0 Å². The van der Waals surface area contributed by atoms with Crippen LogP contribution in [0.4, 0.5) is 10.1 Å². The van der Waals surface area contributed by atoms with Crippen molar-refractivity contribution >= 4 is 21.6 Å². The molecule has 1 aromatic carbocycles. The molecule has 0 aliphatic carbocycles. The van der Waals surface area contributed by atoms with Gasteiger partial charge in [-0.1, -0.05) is 0 Å². The molecule has 1 heterocycles. The fourth-order valence-corrected chi connectivity index (χ4v) is 2.12. The summed E-state index contributed by atoms with van der Waals surface area (Å²) in [6.07, 6.45) is 2.80. The van der Waals surface area contributed by atoms with Crippen LogP contribution < -0.4 is 5.32 Å². The van der Waals surface area contributed by atoms with E-state index < -0.39 is 0 Å². The Labute approximate surface area is 103 Å². The highest BCUT2D eigenvalue weighted by Crippen LogP contribution is 2.22. The number of nitrogens with one attached hydrogen (secondary N) is 1. The average Bonchev–Trinajstić information content (AvgIpc) is 2.66. The largest absolute Gasteiger partial charge is 0.382 e. The van der Waals surface area contributed by atoms with E-state index in [0.29, 0.717) is 10.6 Å². The zero-order valence-corrected chi connectivity index (χ0v) is 10.8. The monoisotopic (exact) mass is 287 g/mol. The lowest BCUT2D eigenvalue weighted by Crippen LogP contribution is -2.19. The quantitative estimate of drug-likeness (QED) is 0.918. The van der Waals surface area contributed by atoms with Crippen LogP contribution in [0.25, 0.3) is 0 Å². The minimum atomic E-state index is -0.245. The molecule has 1 aromatic rings. The second kappa shape index (κ2) is 5.15. The summed E-state index contributed by atoms with van der Waals surface area (Å²) in [5.41, 5.74) is 0.795. The Morgan fingerprint density at radius 2 is 2.31 bits per heavy atom. The fourth-order valence-electron chi connectivity index (χ4n) is 1.87. The maximum absolute atomic E-state index is 13.2. The normalized spacial score (nSPS) is 24.7. The van der Waals surface area contributed by atoms with Crippen LogP contribution in [0, 0.1) is 5.82 Å². The van der Waals surface area contributed by atoms with Gasteiger partial charge in [0.15, 0.2) is 0 Å². The Hall–Kier alpha value is -0.610. The van der Waals surface area contributed by atoms with E-state index in [1.165, 1.54) is 6.07 Å². The Balaban J connectivity index is 1.87. The van der Waals surface area contributed by atoms with Crippen LogP contribution in [0.15, 0.2) is 22.7 Å². The number of rotatable bonds is 3. The summed E-state index contributed by atoms with van der Waals surface area (Å²) in [4.78, 5) is 0. The van der Waals surface area contributed by atoms with Gasteiger partial charge in [-0.2, -0.15) is 0 Å². The standard InChI is InChI=1S/C12H15BrFNO/c1-8-2-4-10(16-8)7-15-9-3-5-11(13)12(14)6-9/h3,5-6,8,10,15H,2,4,7H2,1H3. The van der Waals surface area contributed by atoms with E-state index in [9.17, 15) is 4.39 Å². The molecule has 0 amide bonds. The second-order valence-corrected chi connectivity index (χ2v) is 5.01. The van der Waals surface area contributed by atoms with E-state index in [0.717, 1.165) is 25.1 Å². The molecule has 2 nitrogen and oxygen atoms in total. The number of benzene rings is 1. The topological polar surface area (TPSA) is 21.3 Å². The summed E-state index contributed by atoms with van der Waals surface area (Å²) in [6, 6.07) is 5.05. The van der Waals surface area contributed by atoms with Crippen molar-refractivity contribution in [2.45, 2.75) is 32.0 Å². The lowest BCUT2D eigenvalue weighted by Gasteiger charge is -2.13. The first-order valence-corrected chi connectivity index (χ1v) is 6.29. The predicted octanol–water partition coefficient (Wildman–Crippen LogP) is 3.57. The molecule has 1 fully saturated rings. The Morgan fingerprint density at radius 3 is 2.94 bits per heavy atom. The average molecular weight is 288 g/mol. The van der Waals surface area contributed by atoms with Gasteiger partial charge in [-0.25, -0.2) is 4.39 Å². The number of anilines is 1. The third kappa shape index (κ3) is 2.95. The van der Waals surface area contributed by atoms with Gasteiger partial charge in [-0.15, -0.1) is 0 Å². The molecule has 16 heavy (non-hydrogen) atoms. The molecule has 4 heteroatoms. The third-order valence-electron chi connectivity index (χ3n) is 2.77.